The third kappa shape index (κ3) is 4.90. The normalized spacial score (nSPS) is 21.5. The van der Waals surface area contributed by atoms with E-state index in [0.717, 1.165) is 4.90 Å². The number of hydrogen-bond acceptors (Lipinski definition) is 5. The van der Waals surface area contributed by atoms with Gasteiger partial charge in [0, 0.05) is 11.1 Å². The number of anilines is 1. The van der Waals surface area contributed by atoms with Crippen LogP contribution in [0.2, 0.25) is 0 Å². The predicted octanol–water partition coefficient (Wildman–Crippen LogP) is -0.313. The summed E-state index contributed by atoms with van der Waals surface area (Å²) in [6.07, 6.45) is 1.26. The second-order valence-electron chi connectivity index (χ2n) is 6.94. The Morgan fingerprint density at radius 3 is 2.46 bits per heavy atom. The van der Waals surface area contributed by atoms with Crippen molar-refractivity contribution in [2.24, 2.45) is 0 Å². The highest BCUT2D eigenvalue weighted by Crippen LogP contribution is 2.22. The van der Waals surface area contributed by atoms with E-state index in [-0.39, 0.29) is 24.3 Å². The monoisotopic (exact) mass is 408 g/mol. The summed E-state index contributed by atoms with van der Waals surface area (Å²) in [4.78, 5) is 29.2. The number of para-hydroxylation sites is 1. The van der Waals surface area contributed by atoms with Gasteiger partial charge in [-0.3, -0.25) is 14.6 Å². The van der Waals surface area contributed by atoms with E-state index < -0.39 is 15.9 Å². The third-order valence-electron chi connectivity index (χ3n) is 4.94. The van der Waals surface area contributed by atoms with Crippen molar-refractivity contribution in [3.05, 3.63) is 41.8 Å². The van der Waals surface area contributed by atoms with Gasteiger partial charge in [0.15, 0.2) is 16.4 Å². The number of carbonyl (C=O) groups is 2. The second kappa shape index (κ2) is 8.74. The number of benzene rings is 1. The lowest BCUT2D eigenvalue weighted by Gasteiger charge is -2.33. The molecule has 28 heavy (non-hydrogen) atoms. The van der Waals surface area contributed by atoms with Gasteiger partial charge in [0.1, 0.15) is 0 Å². The minimum atomic E-state index is -3.28. The molecule has 0 aromatic heterocycles. The summed E-state index contributed by atoms with van der Waals surface area (Å²) in [5.41, 5.74) is 0.684. The molecule has 3 rings (SSSR count). The molecule has 0 unspecified atom stereocenters. The first-order valence-electron chi connectivity index (χ1n) is 9.43. The fourth-order valence-electron chi connectivity index (χ4n) is 3.53. The maximum absolute atomic E-state index is 13.1. The molecule has 0 saturated carbocycles. The molecule has 2 heterocycles. The molecule has 2 amide bonds. The molecule has 0 spiro atoms. The maximum atomic E-state index is 13.1. The molecule has 1 saturated heterocycles. The summed E-state index contributed by atoms with van der Waals surface area (Å²) in [6.45, 7) is 4.71. The van der Waals surface area contributed by atoms with Crippen molar-refractivity contribution in [1.82, 2.24) is 4.90 Å². The lowest BCUT2D eigenvalue weighted by atomic mass is 10.2. The number of nitrogens with zero attached hydrogens (tertiary/aromatic N) is 2. The standard InChI is InChI=1S/C19H25N3O5S/c1-2-27-19(24)21-11-9-20(10-12-21)14-18(23)22(16-6-4-3-5-7-16)17-8-13-28(25,26)15-17/h3-8,13,17H,2,9-12,14-15H2,1H3/p+1/t17-/m1/s1. The van der Waals surface area contributed by atoms with Gasteiger partial charge < -0.3 is 9.64 Å². The van der Waals surface area contributed by atoms with Crippen LogP contribution in [-0.2, 0) is 19.4 Å². The Bertz CT molecular complexity index is 832. The Kier molecular flexibility index (Phi) is 6.35. The van der Waals surface area contributed by atoms with E-state index in [4.69, 9.17) is 4.74 Å². The molecule has 0 bridgehead atoms. The number of carbonyl (C=O) groups excluding carboxylic acids is 2. The second-order valence-corrected chi connectivity index (χ2v) is 8.87. The first-order valence-corrected chi connectivity index (χ1v) is 11.1. The summed E-state index contributed by atoms with van der Waals surface area (Å²) < 4.78 is 28.7. The van der Waals surface area contributed by atoms with Crippen molar-refractivity contribution in [3.63, 3.8) is 0 Å². The quantitative estimate of drug-likeness (QED) is 0.722. The van der Waals surface area contributed by atoms with E-state index in [9.17, 15) is 18.0 Å². The van der Waals surface area contributed by atoms with Crippen LogP contribution in [0.25, 0.3) is 0 Å². The van der Waals surface area contributed by atoms with Crippen LogP contribution in [0.15, 0.2) is 41.8 Å². The number of sulfone groups is 1. The van der Waals surface area contributed by atoms with Crippen molar-refractivity contribution >= 4 is 27.5 Å². The Balaban J connectivity index is 1.66. The minimum Gasteiger partial charge on any atom is -0.450 e. The Labute approximate surface area is 165 Å². The van der Waals surface area contributed by atoms with E-state index in [0.29, 0.717) is 38.5 Å². The van der Waals surface area contributed by atoms with Gasteiger partial charge in [-0.2, -0.15) is 0 Å². The van der Waals surface area contributed by atoms with Crippen molar-refractivity contribution in [2.75, 3.05) is 50.0 Å². The summed E-state index contributed by atoms with van der Waals surface area (Å²) in [5.74, 6) is -0.225. The number of ether oxygens (including phenoxy) is 1. The molecule has 0 aliphatic carbocycles. The SMILES string of the molecule is CCOC(=O)N1CC[NH+](CC(=O)N(c2ccccc2)[C@@H]2C=CS(=O)(=O)C2)CC1. The zero-order chi connectivity index (χ0) is 20.1. The highest BCUT2D eigenvalue weighted by molar-refractivity contribution is 7.94. The summed E-state index contributed by atoms with van der Waals surface area (Å²) in [6, 6.07) is 8.63. The topological polar surface area (TPSA) is 88.4 Å². The number of quaternary nitrogens is 1. The van der Waals surface area contributed by atoms with Crippen molar-refractivity contribution in [2.45, 2.75) is 13.0 Å². The van der Waals surface area contributed by atoms with Gasteiger partial charge in [0.25, 0.3) is 5.91 Å². The van der Waals surface area contributed by atoms with Crippen LogP contribution in [0, 0.1) is 0 Å². The third-order valence-corrected chi connectivity index (χ3v) is 6.32. The minimum absolute atomic E-state index is 0.0976. The first-order chi connectivity index (χ1) is 13.4. The Morgan fingerprint density at radius 1 is 1.21 bits per heavy atom. The number of nitrogens with one attached hydrogen (secondary N) is 1. The van der Waals surface area contributed by atoms with Gasteiger partial charge in [-0.1, -0.05) is 18.2 Å². The maximum Gasteiger partial charge on any atom is 0.410 e. The molecular formula is C19H26N3O5S+. The van der Waals surface area contributed by atoms with Crippen LogP contribution in [0.4, 0.5) is 10.5 Å². The van der Waals surface area contributed by atoms with Crippen molar-refractivity contribution in [3.8, 4) is 0 Å². The molecule has 1 N–H and O–H groups in total. The van der Waals surface area contributed by atoms with Crippen LogP contribution < -0.4 is 9.80 Å². The van der Waals surface area contributed by atoms with Gasteiger partial charge >= 0.3 is 6.09 Å². The zero-order valence-corrected chi connectivity index (χ0v) is 16.7. The summed E-state index contributed by atoms with van der Waals surface area (Å²) >= 11 is 0. The molecule has 2 aliphatic heterocycles. The van der Waals surface area contributed by atoms with Crippen LogP contribution in [-0.4, -0.2) is 76.4 Å². The van der Waals surface area contributed by atoms with Gasteiger partial charge in [0.05, 0.1) is 44.6 Å². The van der Waals surface area contributed by atoms with E-state index in [1.165, 1.54) is 5.41 Å². The van der Waals surface area contributed by atoms with Crippen molar-refractivity contribution in [1.29, 1.82) is 0 Å². The van der Waals surface area contributed by atoms with E-state index in [2.05, 4.69) is 0 Å². The highest BCUT2D eigenvalue weighted by atomic mass is 32.2. The average Bonchev–Trinajstić information content (AvgIpc) is 3.03. The molecule has 152 valence electrons. The molecule has 2 aliphatic rings. The van der Waals surface area contributed by atoms with E-state index in [1.807, 2.05) is 30.3 Å². The number of hydrogen-bond donors (Lipinski definition) is 1. The highest BCUT2D eigenvalue weighted by Gasteiger charge is 2.34. The molecule has 1 aromatic rings. The van der Waals surface area contributed by atoms with Crippen molar-refractivity contribution < 1.29 is 27.6 Å². The Hall–Kier alpha value is -2.39. The largest absolute Gasteiger partial charge is 0.450 e. The predicted molar refractivity (Wildman–Crippen MR) is 105 cm³/mol. The number of amides is 2. The zero-order valence-electron chi connectivity index (χ0n) is 15.9. The van der Waals surface area contributed by atoms with Gasteiger partial charge in [0.2, 0.25) is 0 Å². The molecule has 9 heteroatoms. The van der Waals surface area contributed by atoms with Crippen LogP contribution in [0.1, 0.15) is 6.92 Å². The number of rotatable bonds is 5. The van der Waals surface area contributed by atoms with E-state index in [1.54, 1.807) is 22.8 Å². The van der Waals surface area contributed by atoms with E-state index >= 15 is 0 Å². The number of piperazine rings is 1. The van der Waals surface area contributed by atoms with Crippen LogP contribution >= 0.6 is 0 Å². The molecule has 0 radical (unpaired) electrons. The summed E-state index contributed by atoms with van der Waals surface area (Å²) in [5, 5.41) is 1.19. The fourth-order valence-corrected chi connectivity index (χ4v) is 4.79. The average molecular weight is 409 g/mol. The molecule has 1 fully saturated rings. The lowest BCUT2D eigenvalue weighted by molar-refractivity contribution is -0.895. The molecule has 8 nitrogen and oxygen atoms in total. The molecular weight excluding hydrogens is 382 g/mol. The van der Waals surface area contributed by atoms with Gasteiger partial charge in [-0.25, -0.2) is 13.2 Å². The van der Waals surface area contributed by atoms with Gasteiger partial charge in [-0.05, 0) is 25.1 Å². The van der Waals surface area contributed by atoms with Crippen LogP contribution in [0.5, 0.6) is 0 Å². The van der Waals surface area contributed by atoms with Crippen LogP contribution in [0.3, 0.4) is 0 Å². The smallest absolute Gasteiger partial charge is 0.410 e. The van der Waals surface area contributed by atoms with Gasteiger partial charge in [-0.15, -0.1) is 0 Å². The fraction of sp³-hybridized carbons (Fsp3) is 0.474. The lowest BCUT2D eigenvalue weighted by Crippen LogP contribution is -3.16. The summed E-state index contributed by atoms with van der Waals surface area (Å²) in [7, 11) is -3.28. The Morgan fingerprint density at radius 2 is 1.89 bits per heavy atom. The molecule has 1 aromatic carbocycles. The first kappa shape index (κ1) is 20.3. The molecule has 1 atom stereocenters.